The number of halogens is 1. The van der Waals surface area contributed by atoms with Crippen LogP contribution in [0.25, 0.3) is 0 Å². The molecule has 0 amide bonds. The van der Waals surface area contributed by atoms with Gasteiger partial charge in [-0.2, -0.15) is 0 Å². The molecule has 2 nitrogen and oxygen atoms in total. The average molecular weight is 272 g/mol. The third-order valence-electron chi connectivity index (χ3n) is 3.58. The first-order valence-electron chi connectivity index (χ1n) is 6.93. The summed E-state index contributed by atoms with van der Waals surface area (Å²) >= 11 is 0. The summed E-state index contributed by atoms with van der Waals surface area (Å²) in [5.41, 5.74) is 9.69. The van der Waals surface area contributed by atoms with E-state index in [1.807, 2.05) is 12.1 Å². The highest BCUT2D eigenvalue weighted by molar-refractivity contribution is 5.47. The van der Waals surface area contributed by atoms with Crippen LogP contribution in [0.15, 0.2) is 48.5 Å². The number of hydrogen-bond acceptors (Lipinski definition) is 2. The van der Waals surface area contributed by atoms with E-state index in [0.29, 0.717) is 6.54 Å². The van der Waals surface area contributed by atoms with E-state index in [-0.39, 0.29) is 11.9 Å². The second-order valence-electron chi connectivity index (χ2n) is 4.98. The molecule has 2 aromatic carbocycles. The van der Waals surface area contributed by atoms with Crippen LogP contribution in [0.3, 0.4) is 0 Å². The van der Waals surface area contributed by atoms with Crippen LogP contribution in [0, 0.1) is 12.7 Å². The van der Waals surface area contributed by atoms with Crippen LogP contribution in [0.4, 0.5) is 10.1 Å². The van der Waals surface area contributed by atoms with E-state index < -0.39 is 0 Å². The van der Waals surface area contributed by atoms with Crippen LogP contribution in [-0.4, -0.2) is 13.1 Å². The first-order chi connectivity index (χ1) is 9.61. The highest BCUT2D eigenvalue weighted by Gasteiger charge is 2.13. The number of hydrogen-bond donors (Lipinski definition) is 1. The molecule has 0 aliphatic rings. The molecule has 0 radical (unpaired) electrons. The molecule has 2 N–H and O–H groups in total. The van der Waals surface area contributed by atoms with Gasteiger partial charge in [0.05, 0.1) is 0 Å². The van der Waals surface area contributed by atoms with Gasteiger partial charge in [0.1, 0.15) is 5.82 Å². The first kappa shape index (κ1) is 14.5. The van der Waals surface area contributed by atoms with Crippen LogP contribution < -0.4 is 10.6 Å². The zero-order valence-corrected chi connectivity index (χ0v) is 12.0. The van der Waals surface area contributed by atoms with Crippen molar-refractivity contribution in [3.05, 3.63) is 65.5 Å². The van der Waals surface area contributed by atoms with Crippen molar-refractivity contribution < 1.29 is 4.39 Å². The number of aryl methyl sites for hydroxylation is 1. The molecule has 1 unspecified atom stereocenters. The maximum atomic E-state index is 13.0. The van der Waals surface area contributed by atoms with Gasteiger partial charge in [-0.1, -0.05) is 24.3 Å². The normalized spacial score (nSPS) is 12.2. The van der Waals surface area contributed by atoms with E-state index >= 15 is 0 Å². The molecule has 0 saturated heterocycles. The molecule has 0 aliphatic heterocycles. The Labute approximate surface area is 120 Å². The third-order valence-corrected chi connectivity index (χ3v) is 3.58. The molecule has 0 spiro atoms. The van der Waals surface area contributed by atoms with E-state index in [4.69, 9.17) is 5.73 Å². The number of nitrogens with two attached hydrogens (primary N) is 1. The summed E-state index contributed by atoms with van der Waals surface area (Å²) < 4.78 is 13.0. The molecule has 3 heteroatoms. The van der Waals surface area contributed by atoms with Gasteiger partial charge in [-0.25, -0.2) is 4.39 Å². The summed E-state index contributed by atoms with van der Waals surface area (Å²) in [6.45, 7) is 5.70. The van der Waals surface area contributed by atoms with Crippen LogP contribution in [0.5, 0.6) is 0 Å². The van der Waals surface area contributed by atoms with Crippen molar-refractivity contribution in [1.82, 2.24) is 0 Å². The topological polar surface area (TPSA) is 29.3 Å². The summed E-state index contributed by atoms with van der Waals surface area (Å²) in [5.74, 6) is -0.215. The predicted octanol–water partition coefficient (Wildman–Crippen LogP) is 3.66. The minimum atomic E-state index is -0.215. The molecular weight excluding hydrogens is 251 g/mol. The summed E-state index contributed by atoms with van der Waals surface area (Å²) in [6.07, 6.45) is 0. The molecule has 0 aromatic heterocycles. The average Bonchev–Trinajstić information content (AvgIpc) is 2.46. The molecular formula is C17H21FN2. The Hall–Kier alpha value is -1.87. The Morgan fingerprint density at radius 1 is 1.10 bits per heavy atom. The van der Waals surface area contributed by atoms with Crippen molar-refractivity contribution in [2.45, 2.75) is 19.9 Å². The maximum absolute atomic E-state index is 13.0. The van der Waals surface area contributed by atoms with Crippen molar-refractivity contribution >= 4 is 5.69 Å². The Morgan fingerprint density at radius 3 is 2.35 bits per heavy atom. The van der Waals surface area contributed by atoms with Gasteiger partial charge in [0.2, 0.25) is 0 Å². The highest BCUT2D eigenvalue weighted by atomic mass is 19.1. The molecule has 0 bridgehead atoms. The molecule has 2 rings (SSSR count). The van der Waals surface area contributed by atoms with Gasteiger partial charge >= 0.3 is 0 Å². The van der Waals surface area contributed by atoms with Crippen LogP contribution >= 0.6 is 0 Å². The van der Waals surface area contributed by atoms with E-state index in [9.17, 15) is 4.39 Å². The zero-order valence-electron chi connectivity index (χ0n) is 12.0. The van der Waals surface area contributed by atoms with Gasteiger partial charge in [0.15, 0.2) is 0 Å². The molecule has 0 aliphatic carbocycles. The van der Waals surface area contributed by atoms with Crippen LogP contribution in [-0.2, 0) is 0 Å². The molecule has 20 heavy (non-hydrogen) atoms. The number of benzene rings is 2. The van der Waals surface area contributed by atoms with Crippen molar-refractivity contribution in [3.63, 3.8) is 0 Å². The van der Waals surface area contributed by atoms with E-state index in [2.05, 4.69) is 30.9 Å². The predicted molar refractivity (Wildman–Crippen MR) is 82.4 cm³/mol. The lowest BCUT2D eigenvalue weighted by atomic mass is 10.0. The van der Waals surface area contributed by atoms with Crippen molar-refractivity contribution in [1.29, 1.82) is 0 Å². The fraction of sp³-hybridized carbons (Fsp3) is 0.294. The molecule has 0 saturated carbocycles. The van der Waals surface area contributed by atoms with Crippen LogP contribution in [0.1, 0.15) is 24.1 Å². The largest absolute Gasteiger partial charge is 0.370 e. The standard InChI is InChI=1S/C17H21FN2/c1-3-20(15-10-8-14(18)9-11-15)12-17(19)16-7-5-4-6-13(16)2/h4-11,17H,3,12,19H2,1-2H3. The number of likely N-dealkylation sites (N-methyl/N-ethyl adjacent to an activating group) is 1. The van der Waals surface area contributed by atoms with Crippen molar-refractivity contribution in [2.75, 3.05) is 18.0 Å². The van der Waals surface area contributed by atoms with Crippen molar-refractivity contribution in [2.24, 2.45) is 5.73 Å². The number of rotatable bonds is 5. The maximum Gasteiger partial charge on any atom is 0.123 e. The Balaban J connectivity index is 2.14. The minimum Gasteiger partial charge on any atom is -0.370 e. The molecule has 2 aromatic rings. The number of nitrogens with zero attached hydrogens (tertiary/aromatic N) is 1. The van der Waals surface area contributed by atoms with E-state index in [0.717, 1.165) is 17.8 Å². The molecule has 0 fully saturated rings. The minimum absolute atomic E-state index is 0.0544. The first-order valence-corrected chi connectivity index (χ1v) is 6.93. The van der Waals surface area contributed by atoms with Gasteiger partial charge in [-0.05, 0) is 49.2 Å². The fourth-order valence-corrected chi connectivity index (χ4v) is 2.41. The Bertz CT molecular complexity index is 551. The SMILES string of the molecule is CCN(CC(N)c1ccccc1C)c1ccc(F)cc1. The lowest BCUT2D eigenvalue weighted by Gasteiger charge is -2.27. The Kier molecular flexibility index (Phi) is 4.74. The van der Waals surface area contributed by atoms with Crippen LogP contribution in [0.2, 0.25) is 0 Å². The summed E-state index contributed by atoms with van der Waals surface area (Å²) in [4.78, 5) is 2.16. The summed E-state index contributed by atoms with van der Waals surface area (Å²) in [7, 11) is 0. The van der Waals surface area contributed by atoms with Gasteiger partial charge in [-0.3, -0.25) is 0 Å². The highest BCUT2D eigenvalue weighted by Crippen LogP contribution is 2.20. The van der Waals surface area contributed by atoms with Gasteiger partial charge in [0, 0.05) is 24.8 Å². The van der Waals surface area contributed by atoms with Gasteiger partial charge in [-0.15, -0.1) is 0 Å². The lowest BCUT2D eigenvalue weighted by molar-refractivity contribution is 0.626. The molecule has 0 heterocycles. The number of anilines is 1. The quantitative estimate of drug-likeness (QED) is 0.900. The Morgan fingerprint density at radius 2 is 1.75 bits per heavy atom. The smallest absolute Gasteiger partial charge is 0.123 e. The monoisotopic (exact) mass is 272 g/mol. The fourth-order valence-electron chi connectivity index (χ4n) is 2.41. The van der Waals surface area contributed by atoms with Gasteiger partial charge < -0.3 is 10.6 Å². The van der Waals surface area contributed by atoms with Crippen molar-refractivity contribution in [3.8, 4) is 0 Å². The second kappa shape index (κ2) is 6.53. The lowest BCUT2D eigenvalue weighted by Crippen LogP contribution is -2.32. The molecule has 1 atom stereocenters. The third kappa shape index (κ3) is 3.36. The summed E-state index contributed by atoms with van der Waals surface area (Å²) in [5, 5.41) is 0. The molecule has 106 valence electrons. The van der Waals surface area contributed by atoms with E-state index in [1.54, 1.807) is 12.1 Å². The summed E-state index contributed by atoms with van der Waals surface area (Å²) in [6, 6.07) is 14.7. The van der Waals surface area contributed by atoms with E-state index in [1.165, 1.54) is 17.7 Å². The second-order valence-corrected chi connectivity index (χ2v) is 4.98. The zero-order chi connectivity index (χ0) is 14.5. The van der Waals surface area contributed by atoms with Gasteiger partial charge in [0.25, 0.3) is 0 Å².